The molecule has 1 aliphatic heterocycles. The molecule has 1 heterocycles. The lowest BCUT2D eigenvalue weighted by atomic mass is 10.1. The Bertz CT molecular complexity index is 760. The van der Waals surface area contributed by atoms with Crippen LogP contribution in [0.15, 0.2) is 48.5 Å². The first kappa shape index (κ1) is 15.9. The van der Waals surface area contributed by atoms with E-state index in [-0.39, 0.29) is 12.3 Å². The SMILES string of the molecule is CCOc1ccccc1NC(=O)CC1Nc2ccccc2OC1=O. The zero-order valence-electron chi connectivity index (χ0n) is 13.2. The Kier molecular flexibility index (Phi) is 4.65. The highest BCUT2D eigenvalue weighted by molar-refractivity contribution is 5.97. The smallest absolute Gasteiger partial charge is 0.334 e. The molecular formula is C18H18N2O4. The van der Waals surface area contributed by atoms with Crippen LogP contribution >= 0.6 is 0 Å². The molecular weight excluding hydrogens is 308 g/mol. The lowest BCUT2D eigenvalue weighted by Gasteiger charge is -2.25. The molecule has 2 N–H and O–H groups in total. The van der Waals surface area contributed by atoms with Crippen molar-refractivity contribution in [2.45, 2.75) is 19.4 Å². The van der Waals surface area contributed by atoms with Gasteiger partial charge in [0.1, 0.15) is 11.8 Å². The lowest BCUT2D eigenvalue weighted by molar-refractivity contribution is -0.137. The fraction of sp³-hybridized carbons (Fsp3) is 0.222. The fourth-order valence-corrected chi connectivity index (χ4v) is 2.47. The van der Waals surface area contributed by atoms with E-state index in [0.717, 1.165) is 0 Å². The number of carbonyl (C=O) groups is 2. The first-order valence-electron chi connectivity index (χ1n) is 7.76. The van der Waals surface area contributed by atoms with Gasteiger partial charge in [0, 0.05) is 0 Å². The van der Waals surface area contributed by atoms with E-state index in [1.54, 1.807) is 30.3 Å². The molecule has 0 fully saturated rings. The summed E-state index contributed by atoms with van der Waals surface area (Å²) >= 11 is 0. The van der Waals surface area contributed by atoms with Gasteiger partial charge in [0.25, 0.3) is 0 Å². The summed E-state index contributed by atoms with van der Waals surface area (Å²) in [5, 5.41) is 5.81. The van der Waals surface area contributed by atoms with E-state index in [9.17, 15) is 9.59 Å². The number of amides is 1. The number of para-hydroxylation sites is 4. The van der Waals surface area contributed by atoms with Gasteiger partial charge in [-0.1, -0.05) is 24.3 Å². The van der Waals surface area contributed by atoms with Crippen molar-refractivity contribution in [3.05, 3.63) is 48.5 Å². The molecule has 0 saturated carbocycles. The van der Waals surface area contributed by atoms with E-state index in [1.165, 1.54) is 0 Å². The highest BCUT2D eigenvalue weighted by Crippen LogP contribution is 2.30. The number of nitrogens with one attached hydrogen (secondary N) is 2. The summed E-state index contributed by atoms with van der Waals surface area (Å²) in [5.41, 5.74) is 1.28. The maximum Gasteiger partial charge on any atom is 0.334 e. The average Bonchev–Trinajstić information content (AvgIpc) is 2.57. The maximum atomic E-state index is 12.3. The van der Waals surface area contributed by atoms with Gasteiger partial charge in [-0.15, -0.1) is 0 Å². The second-order valence-electron chi connectivity index (χ2n) is 5.30. The highest BCUT2D eigenvalue weighted by atomic mass is 16.5. The Labute approximate surface area is 139 Å². The van der Waals surface area contributed by atoms with Crippen LogP contribution in [0.3, 0.4) is 0 Å². The second kappa shape index (κ2) is 7.04. The van der Waals surface area contributed by atoms with E-state index >= 15 is 0 Å². The number of benzene rings is 2. The number of fused-ring (bicyclic) bond motifs is 1. The molecule has 1 aliphatic rings. The highest BCUT2D eigenvalue weighted by Gasteiger charge is 2.29. The molecule has 6 nitrogen and oxygen atoms in total. The standard InChI is InChI=1S/C18H18N2O4/c1-2-23-15-9-5-3-7-12(15)20-17(21)11-14-18(22)24-16-10-6-4-8-13(16)19-14/h3-10,14,19H,2,11H2,1H3,(H,20,21). The number of esters is 1. The maximum absolute atomic E-state index is 12.3. The Morgan fingerprint density at radius 3 is 2.79 bits per heavy atom. The van der Waals surface area contributed by atoms with E-state index in [1.807, 2.05) is 25.1 Å². The largest absolute Gasteiger partial charge is 0.492 e. The average molecular weight is 326 g/mol. The van der Waals surface area contributed by atoms with Gasteiger partial charge in [0.15, 0.2) is 5.75 Å². The fourth-order valence-electron chi connectivity index (χ4n) is 2.47. The van der Waals surface area contributed by atoms with Crippen LogP contribution in [0.1, 0.15) is 13.3 Å². The van der Waals surface area contributed by atoms with Gasteiger partial charge in [0.2, 0.25) is 5.91 Å². The summed E-state index contributed by atoms with van der Waals surface area (Å²) in [7, 11) is 0. The van der Waals surface area contributed by atoms with Crippen molar-refractivity contribution >= 4 is 23.3 Å². The summed E-state index contributed by atoms with van der Waals surface area (Å²) in [4.78, 5) is 24.3. The minimum atomic E-state index is -0.723. The van der Waals surface area contributed by atoms with Crippen LogP contribution in [-0.2, 0) is 9.59 Å². The Morgan fingerprint density at radius 1 is 1.21 bits per heavy atom. The van der Waals surface area contributed by atoms with Crippen molar-refractivity contribution in [1.82, 2.24) is 0 Å². The van der Waals surface area contributed by atoms with Crippen molar-refractivity contribution in [3.63, 3.8) is 0 Å². The lowest BCUT2D eigenvalue weighted by Crippen LogP contribution is -2.39. The van der Waals surface area contributed by atoms with Crippen LogP contribution in [0.5, 0.6) is 11.5 Å². The minimum Gasteiger partial charge on any atom is -0.492 e. The van der Waals surface area contributed by atoms with E-state index in [2.05, 4.69) is 10.6 Å². The molecule has 0 spiro atoms. The first-order chi connectivity index (χ1) is 11.7. The van der Waals surface area contributed by atoms with Crippen molar-refractivity contribution in [3.8, 4) is 11.5 Å². The Balaban J connectivity index is 1.66. The van der Waals surface area contributed by atoms with Gasteiger partial charge in [-0.3, -0.25) is 4.79 Å². The molecule has 3 rings (SSSR count). The summed E-state index contributed by atoms with van der Waals surface area (Å²) in [6.45, 7) is 2.37. The number of carbonyl (C=O) groups excluding carboxylic acids is 2. The monoisotopic (exact) mass is 326 g/mol. The van der Waals surface area contributed by atoms with Crippen LogP contribution in [-0.4, -0.2) is 24.5 Å². The van der Waals surface area contributed by atoms with Crippen molar-refractivity contribution in [2.75, 3.05) is 17.2 Å². The van der Waals surface area contributed by atoms with Gasteiger partial charge in [0.05, 0.1) is 24.4 Å². The Morgan fingerprint density at radius 2 is 1.96 bits per heavy atom. The minimum absolute atomic E-state index is 0.0341. The third kappa shape index (κ3) is 3.48. The van der Waals surface area contributed by atoms with Crippen LogP contribution in [0, 0.1) is 0 Å². The quantitative estimate of drug-likeness (QED) is 0.653. The van der Waals surface area contributed by atoms with Gasteiger partial charge in [-0.05, 0) is 31.2 Å². The molecule has 1 unspecified atom stereocenters. The zero-order chi connectivity index (χ0) is 16.9. The molecule has 1 atom stereocenters. The zero-order valence-corrected chi connectivity index (χ0v) is 13.2. The molecule has 0 radical (unpaired) electrons. The predicted octanol–water partition coefficient (Wildman–Crippen LogP) is 2.81. The predicted molar refractivity (Wildman–Crippen MR) is 90.3 cm³/mol. The van der Waals surface area contributed by atoms with Crippen molar-refractivity contribution in [1.29, 1.82) is 0 Å². The topological polar surface area (TPSA) is 76.7 Å². The molecule has 2 aromatic rings. The summed E-state index contributed by atoms with van der Waals surface area (Å²) in [6.07, 6.45) is -0.0341. The number of anilines is 2. The number of hydrogen-bond donors (Lipinski definition) is 2. The number of ether oxygens (including phenoxy) is 2. The van der Waals surface area contributed by atoms with Crippen molar-refractivity contribution in [2.24, 2.45) is 0 Å². The van der Waals surface area contributed by atoms with E-state index in [4.69, 9.17) is 9.47 Å². The molecule has 124 valence electrons. The number of rotatable bonds is 5. The van der Waals surface area contributed by atoms with E-state index in [0.29, 0.717) is 29.5 Å². The van der Waals surface area contributed by atoms with Gasteiger partial charge in [-0.2, -0.15) is 0 Å². The summed E-state index contributed by atoms with van der Waals surface area (Å²) in [6, 6.07) is 13.6. The third-order valence-corrected chi connectivity index (χ3v) is 3.56. The van der Waals surface area contributed by atoms with Gasteiger partial charge >= 0.3 is 5.97 Å². The van der Waals surface area contributed by atoms with Crippen LogP contribution in [0.4, 0.5) is 11.4 Å². The van der Waals surface area contributed by atoms with Gasteiger partial charge < -0.3 is 20.1 Å². The summed E-state index contributed by atoms with van der Waals surface area (Å²) < 4.78 is 10.7. The molecule has 6 heteroatoms. The third-order valence-electron chi connectivity index (χ3n) is 3.56. The molecule has 0 bridgehead atoms. The molecule has 0 aliphatic carbocycles. The molecule has 2 aromatic carbocycles. The van der Waals surface area contributed by atoms with Crippen molar-refractivity contribution < 1.29 is 19.1 Å². The Hall–Kier alpha value is -3.02. The van der Waals surface area contributed by atoms with Crippen LogP contribution in [0.25, 0.3) is 0 Å². The van der Waals surface area contributed by atoms with Crippen LogP contribution < -0.4 is 20.1 Å². The van der Waals surface area contributed by atoms with Crippen LogP contribution in [0.2, 0.25) is 0 Å². The second-order valence-corrected chi connectivity index (χ2v) is 5.30. The molecule has 1 amide bonds. The van der Waals surface area contributed by atoms with E-state index < -0.39 is 12.0 Å². The first-order valence-corrected chi connectivity index (χ1v) is 7.76. The number of hydrogen-bond acceptors (Lipinski definition) is 5. The summed E-state index contributed by atoms with van der Waals surface area (Å²) in [5.74, 6) is 0.302. The molecule has 0 aromatic heterocycles. The molecule has 0 saturated heterocycles. The van der Waals surface area contributed by atoms with Gasteiger partial charge in [-0.25, -0.2) is 4.79 Å². The molecule has 24 heavy (non-hydrogen) atoms. The normalized spacial score (nSPS) is 15.7.